The Kier molecular flexibility index (Phi) is 6.02. The van der Waals surface area contributed by atoms with Crippen molar-refractivity contribution < 1.29 is 4.39 Å². The third-order valence-electron chi connectivity index (χ3n) is 4.12. The molecule has 0 amide bonds. The Morgan fingerprint density at radius 2 is 1.89 bits per heavy atom. The van der Waals surface area contributed by atoms with Crippen LogP contribution in [0.4, 0.5) is 10.2 Å². The van der Waals surface area contributed by atoms with Gasteiger partial charge in [0.25, 0.3) is 0 Å². The zero-order valence-corrected chi connectivity index (χ0v) is 16.9. The summed E-state index contributed by atoms with van der Waals surface area (Å²) in [6.07, 6.45) is 4.36. The summed E-state index contributed by atoms with van der Waals surface area (Å²) in [6, 6.07) is 8.14. The van der Waals surface area contributed by atoms with Gasteiger partial charge in [-0.2, -0.15) is 5.10 Å². The maximum absolute atomic E-state index is 14.6. The van der Waals surface area contributed by atoms with E-state index in [1.165, 1.54) is 6.07 Å². The van der Waals surface area contributed by atoms with Gasteiger partial charge in [0, 0.05) is 35.6 Å². The summed E-state index contributed by atoms with van der Waals surface area (Å²) in [6.45, 7) is 6.35. The highest BCUT2D eigenvalue weighted by molar-refractivity contribution is 6.37. The van der Waals surface area contributed by atoms with Crippen molar-refractivity contribution in [2.45, 2.75) is 33.2 Å². The highest BCUT2D eigenvalue weighted by Crippen LogP contribution is 2.40. The van der Waals surface area contributed by atoms with Crippen LogP contribution < -0.4 is 5.32 Å². The van der Waals surface area contributed by atoms with Gasteiger partial charge in [-0.3, -0.25) is 0 Å². The number of hydrogen-bond donors (Lipinski definition) is 1. The van der Waals surface area contributed by atoms with Gasteiger partial charge in [-0.25, -0.2) is 14.1 Å². The van der Waals surface area contributed by atoms with Gasteiger partial charge in [-0.1, -0.05) is 43.1 Å². The lowest BCUT2D eigenvalue weighted by Crippen LogP contribution is -2.19. The molecule has 1 N–H and O–H groups in total. The van der Waals surface area contributed by atoms with Crippen molar-refractivity contribution in [2.75, 3.05) is 5.32 Å². The van der Waals surface area contributed by atoms with Gasteiger partial charge < -0.3 is 5.32 Å². The second kappa shape index (κ2) is 8.28. The van der Waals surface area contributed by atoms with Crippen LogP contribution in [0.25, 0.3) is 16.9 Å². The standard InChI is InChI=1S/C20H21Cl2FN4/c1-12(2)10-13(3)25-20-19(18-14(21)6-4-7-16(18)23)15(22)11-17(26-20)27-9-5-8-24-27/h4-9,11-13H,10H2,1-3H3,(H,25,26). The second-order valence-corrected chi connectivity index (χ2v) is 7.72. The first-order valence-electron chi connectivity index (χ1n) is 8.78. The number of halogens is 3. The van der Waals surface area contributed by atoms with Crippen LogP contribution in [-0.4, -0.2) is 20.8 Å². The lowest BCUT2D eigenvalue weighted by molar-refractivity contribution is 0.539. The minimum atomic E-state index is -0.447. The first-order valence-corrected chi connectivity index (χ1v) is 9.54. The molecule has 0 aliphatic carbocycles. The molecule has 0 saturated carbocycles. The maximum atomic E-state index is 14.6. The lowest BCUT2D eigenvalue weighted by Gasteiger charge is -2.21. The van der Waals surface area contributed by atoms with Gasteiger partial charge in [-0.05, 0) is 37.5 Å². The van der Waals surface area contributed by atoms with Crippen molar-refractivity contribution in [1.29, 1.82) is 0 Å². The predicted octanol–water partition coefficient (Wildman–Crippen LogP) is 6.23. The number of aromatic nitrogens is 3. The van der Waals surface area contributed by atoms with Crippen molar-refractivity contribution in [3.63, 3.8) is 0 Å². The molecule has 1 unspecified atom stereocenters. The molecule has 0 spiro atoms. The summed E-state index contributed by atoms with van der Waals surface area (Å²) in [5, 5.41) is 8.21. The molecule has 7 heteroatoms. The first kappa shape index (κ1) is 19.6. The van der Waals surface area contributed by atoms with Crippen molar-refractivity contribution in [1.82, 2.24) is 14.8 Å². The Labute approximate surface area is 168 Å². The molecule has 3 rings (SSSR count). The molecule has 4 nitrogen and oxygen atoms in total. The maximum Gasteiger partial charge on any atom is 0.157 e. The van der Waals surface area contributed by atoms with Crippen LogP contribution in [0.15, 0.2) is 42.7 Å². The molecule has 0 fully saturated rings. The molecule has 2 aromatic heterocycles. The van der Waals surface area contributed by atoms with E-state index in [1.54, 1.807) is 41.3 Å². The van der Waals surface area contributed by atoms with E-state index in [0.29, 0.717) is 28.1 Å². The van der Waals surface area contributed by atoms with Crippen molar-refractivity contribution >= 4 is 29.0 Å². The highest BCUT2D eigenvalue weighted by atomic mass is 35.5. The van der Waals surface area contributed by atoms with Crippen LogP contribution in [0, 0.1) is 11.7 Å². The molecule has 0 radical (unpaired) electrons. The number of rotatable bonds is 6. The Morgan fingerprint density at radius 3 is 2.52 bits per heavy atom. The topological polar surface area (TPSA) is 42.7 Å². The van der Waals surface area contributed by atoms with E-state index in [0.717, 1.165) is 6.42 Å². The lowest BCUT2D eigenvalue weighted by atomic mass is 10.0. The summed E-state index contributed by atoms with van der Waals surface area (Å²) < 4.78 is 16.2. The number of hydrogen-bond acceptors (Lipinski definition) is 3. The third-order valence-corrected chi connectivity index (χ3v) is 4.73. The third kappa shape index (κ3) is 4.42. The summed E-state index contributed by atoms with van der Waals surface area (Å²) in [5.74, 6) is 1.07. The van der Waals surface area contributed by atoms with E-state index in [9.17, 15) is 4.39 Å². The number of benzene rings is 1. The largest absolute Gasteiger partial charge is 0.367 e. The van der Waals surface area contributed by atoms with Gasteiger partial charge in [-0.15, -0.1) is 0 Å². The quantitative estimate of drug-likeness (QED) is 0.527. The van der Waals surface area contributed by atoms with Crippen molar-refractivity contribution in [3.05, 3.63) is 58.6 Å². The van der Waals surface area contributed by atoms with E-state index in [2.05, 4.69) is 36.2 Å². The summed E-state index contributed by atoms with van der Waals surface area (Å²) >= 11 is 12.9. The number of nitrogens with zero attached hydrogens (tertiary/aromatic N) is 3. The van der Waals surface area contributed by atoms with Crippen molar-refractivity contribution in [2.24, 2.45) is 5.92 Å². The molecule has 142 valence electrons. The van der Waals surface area contributed by atoms with Gasteiger partial charge in [0.05, 0.1) is 10.0 Å². The van der Waals surface area contributed by atoms with E-state index in [-0.39, 0.29) is 16.6 Å². The van der Waals surface area contributed by atoms with Crippen LogP contribution in [0.3, 0.4) is 0 Å². The Hall–Kier alpha value is -2.11. The molecule has 1 aromatic carbocycles. The molecule has 0 saturated heterocycles. The van der Waals surface area contributed by atoms with Crippen LogP contribution in [0.1, 0.15) is 27.2 Å². The molecule has 27 heavy (non-hydrogen) atoms. The summed E-state index contributed by atoms with van der Waals surface area (Å²) in [7, 11) is 0. The van der Waals surface area contributed by atoms with Gasteiger partial charge >= 0.3 is 0 Å². The Balaban J connectivity index is 2.16. The predicted molar refractivity (Wildman–Crippen MR) is 109 cm³/mol. The zero-order chi connectivity index (χ0) is 19.6. The average molecular weight is 407 g/mol. The molecule has 2 heterocycles. The highest BCUT2D eigenvalue weighted by Gasteiger charge is 2.21. The van der Waals surface area contributed by atoms with E-state index < -0.39 is 5.82 Å². The summed E-state index contributed by atoms with van der Waals surface area (Å²) in [5.41, 5.74) is 0.689. The minimum absolute atomic E-state index is 0.116. The molecule has 3 aromatic rings. The Morgan fingerprint density at radius 1 is 1.11 bits per heavy atom. The van der Waals surface area contributed by atoms with Crippen LogP contribution in [-0.2, 0) is 0 Å². The van der Waals surface area contributed by atoms with Gasteiger partial charge in [0.15, 0.2) is 5.82 Å². The molecule has 0 aliphatic rings. The molecule has 0 aliphatic heterocycles. The van der Waals surface area contributed by atoms with Gasteiger partial charge in [0.2, 0.25) is 0 Å². The molecular formula is C20H21Cl2FN4. The van der Waals surface area contributed by atoms with Crippen LogP contribution in [0.2, 0.25) is 10.0 Å². The Bertz CT molecular complexity index is 906. The fourth-order valence-corrected chi connectivity index (χ4v) is 3.64. The minimum Gasteiger partial charge on any atom is -0.367 e. The SMILES string of the molecule is CC(C)CC(C)Nc1nc(-n2cccn2)cc(Cl)c1-c1c(F)cccc1Cl. The molecular weight excluding hydrogens is 386 g/mol. The first-order chi connectivity index (χ1) is 12.9. The second-order valence-electron chi connectivity index (χ2n) is 6.91. The average Bonchev–Trinajstić information content (AvgIpc) is 3.10. The molecule has 1 atom stereocenters. The van der Waals surface area contributed by atoms with E-state index in [4.69, 9.17) is 23.2 Å². The fraction of sp³-hybridized carbons (Fsp3) is 0.300. The normalized spacial score (nSPS) is 12.4. The number of nitrogens with one attached hydrogen (secondary N) is 1. The van der Waals surface area contributed by atoms with Crippen LogP contribution >= 0.6 is 23.2 Å². The monoisotopic (exact) mass is 406 g/mol. The zero-order valence-electron chi connectivity index (χ0n) is 15.4. The summed E-state index contributed by atoms with van der Waals surface area (Å²) in [4.78, 5) is 4.66. The van der Waals surface area contributed by atoms with E-state index in [1.807, 2.05) is 0 Å². The molecule has 0 bridgehead atoms. The van der Waals surface area contributed by atoms with Crippen LogP contribution in [0.5, 0.6) is 0 Å². The van der Waals surface area contributed by atoms with Gasteiger partial charge in [0.1, 0.15) is 11.6 Å². The fourth-order valence-electron chi connectivity index (χ4n) is 3.10. The smallest absolute Gasteiger partial charge is 0.157 e. The van der Waals surface area contributed by atoms with E-state index >= 15 is 0 Å². The number of anilines is 1. The van der Waals surface area contributed by atoms with Crippen molar-refractivity contribution in [3.8, 4) is 16.9 Å². The number of pyridine rings is 1.